The first kappa shape index (κ1) is 10.8. The molecule has 2 rings (SSSR count). The highest BCUT2D eigenvalue weighted by Gasteiger charge is 2.02. The minimum Gasteiger partial charge on any atom is -0.267 e. The Kier molecular flexibility index (Phi) is 3.31. The zero-order valence-electron chi connectivity index (χ0n) is 8.51. The number of halogens is 1. The summed E-state index contributed by atoms with van der Waals surface area (Å²) >= 11 is 5.49. The van der Waals surface area contributed by atoms with E-state index >= 15 is 0 Å². The molecule has 0 fully saturated rings. The van der Waals surface area contributed by atoms with Gasteiger partial charge in [-0.15, -0.1) is 16.7 Å². The summed E-state index contributed by atoms with van der Waals surface area (Å²) in [4.78, 5) is 11.9. The SMILES string of the molecule is O=c1c2ccccc2nnn1CC=CCCl. The van der Waals surface area contributed by atoms with Crippen molar-refractivity contribution in [2.75, 3.05) is 5.88 Å². The molecule has 0 unspecified atom stereocenters. The van der Waals surface area contributed by atoms with Crippen LogP contribution in [0.3, 0.4) is 0 Å². The first-order chi connectivity index (χ1) is 7.83. The van der Waals surface area contributed by atoms with Crippen LogP contribution in [0.25, 0.3) is 10.9 Å². The smallest absolute Gasteiger partial charge is 0.267 e. The van der Waals surface area contributed by atoms with Gasteiger partial charge in [0.05, 0.1) is 11.9 Å². The molecule has 0 aliphatic rings. The Morgan fingerprint density at radius 3 is 2.94 bits per heavy atom. The zero-order chi connectivity index (χ0) is 11.4. The summed E-state index contributed by atoms with van der Waals surface area (Å²) in [5.74, 6) is 0.426. The van der Waals surface area contributed by atoms with Crippen LogP contribution in [-0.4, -0.2) is 20.9 Å². The van der Waals surface area contributed by atoms with Gasteiger partial charge >= 0.3 is 0 Å². The third-order valence-electron chi connectivity index (χ3n) is 2.16. The van der Waals surface area contributed by atoms with E-state index in [1.807, 2.05) is 12.1 Å². The summed E-state index contributed by atoms with van der Waals surface area (Å²) in [6, 6.07) is 7.15. The van der Waals surface area contributed by atoms with E-state index in [1.165, 1.54) is 4.68 Å². The lowest BCUT2D eigenvalue weighted by Gasteiger charge is -2.00. The number of alkyl halides is 1. The number of benzene rings is 1. The van der Waals surface area contributed by atoms with Crippen LogP contribution < -0.4 is 5.56 Å². The number of hydrogen-bond donors (Lipinski definition) is 0. The molecule has 16 heavy (non-hydrogen) atoms. The van der Waals surface area contributed by atoms with Crippen LogP contribution in [0.5, 0.6) is 0 Å². The van der Waals surface area contributed by atoms with Gasteiger partial charge in [0.2, 0.25) is 0 Å². The minimum absolute atomic E-state index is 0.134. The lowest BCUT2D eigenvalue weighted by atomic mass is 10.2. The average Bonchev–Trinajstić information content (AvgIpc) is 2.33. The third kappa shape index (κ3) is 2.12. The number of hydrogen-bond acceptors (Lipinski definition) is 3. The van der Waals surface area contributed by atoms with E-state index in [1.54, 1.807) is 24.3 Å². The summed E-state index contributed by atoms with van der Waals surface area (Å²) in [5, 5.41) is 8.39. The van der Waals surface area contributed by atoms with Gasteiger partial charge in [0.25, 0.3) is 5.56 Å². The van der Waals surface area contributed by atoms with Crippen LogP contribution in [0.15, 0.2) is 41.2 Å². The van der Waals surface area contributed by atoms with Crippen molar-refractivity contribution in [2.24, 2.45) is 0 Å². The number of aromatic nitrogens is 3. The van der Waals surface area contributed by atoms with Gasteiger partial charge in [0.15, 0.2) is 0 Å². The fourth-order valence-corrected chi connectivity index (χ4v) is 1.51. The summed E-state index contributed by atoms with van der Waals surface area (Å²) in [5.41, 5.74) is 0.481. The van der Waals surface area contributed by atoms with E-state index in [0.29, 0.717) is 23.3 Å². The van der Waals surface area contributed by atoms with E-state index in [9.17, 15) is 4.79 Å². The van der Waals surface area contributed by atoms with E-state index in [0.717, 1.165) is 0 Å². The monoisotopic (exact) mass is 235 g/mol. The normalized spacial score (nSPS) is 11.3. The second-order valence-corrected chi connectivity index (χ2v) is 3.53. The Morgan fingerprint density at radius 1 is 1.31 bits per heavy atom. The molecular formula is C11H10ClN3O. The molecule has 0 bridgehead atoms. The molecule has 0 atom stereocenters. The number of rotatable bonds is 3. The zero-order valence-corrected chi connectivity index (χ0v) is 9.26. The van der Waals surface area contributed by atoms with Gasteiger partial charge < -0.3 is 0 Å². The fraction of sp³-hybridized carbons (Fsp3) is 0.182. The molecule has 4 nitrogen and oxygen atoms in total. The van der Waals surface area contributed by atoms with Gasteiger partial charge in [-0.2, -0.15) is 0 Å². The molecule has 0 amide bonds. The van der Waals surface area contributed by atoms with E-state index in [4.69, 9.17) is 11.6 Å². The number of nitrogens with zero attached hydrogens (tertiary/aromatic N) is 3. The van der Waals surface area contributed by atoms with Crippen molar-refractivity contribution in [3.63, 3.8) is 0 Å². The van der Waals surface area contributed by atoms with Crippen LogP contribution in [0.4, 0.5) is 0 Å². The van der Waals surface area contributed by atoms with Gasteiger partial charge in [-0.05, 0) is 12.1 Å². The first-order valence-electron chi connectivity index (χ1n) is 4.86. The molecule has 2 aromatic rings. The van der Waals surface area contributed by atoms with Crippen molar-refractivity contribution in [1.82, 2.24) is 15.0 Å². The van der Waals surface area contributed by atoms with E-state index in [-0.39, 0.29) is 5.56 Å². The maximum Gasteiger partial charge on any atom is 0.277 e. The highest BCUT2D eigenvalue weighted by Crippen LogP contribution is 2.03. The minimum atomic E-state index is -0.134. The highest BCUT2D eigenvalue weighted by molar-refractivity contribution is 6.18. The quantitative estimate of drug-likeness (QED) is 0.600. The van der Waals surface area contributed by atoms with Gasteiger partial charge in [-0.1, -0.05) is 29.5 Å². The Hall–Kier alpha value is -1.68. The molecule has 5 heteroatoms. The first-order valence-corrected chi connectivity index (χ1v) is 5.40. The fourth-order valence-electron chi connectivity index (χ4n) is 1.38. The largest absolute Gasteiger partial charge is 0.277 e. The Labute approximate surface area is 97.2 Å². The second kappa shape index (κ2) is 4.90. The van der Waals surface area contributed by atoms with Crippen molar-refractivity contribution in [2.45, 2.75) is 6.54 Å². The molecule has 0 spiro atoms. The molecule has 0 radical (unpaired) electrons. The summed E-state index contributed by atoms with van der Waals surface area (Å²) in [6.45, 7) is 0.392. The van der Waals surface area contributed by atoms with Crippen LogP contribution in [0, 0.1) is 0 Å². The maximum absolute atomic E-state index is 11.9. The molecular weight excluding hydrogens is 226 g/mol. The lowest BCUT2D eigenvalue weighted by molar-refractivity contribution is 0.610. The summed E-state index contributed by atoms with van der Waals surface area (Å²) < 4.78 is 1.31. The highest BCUT2D eigenvalue weighted by atomic mass is 35.5. The van der Waals surface area contributed by atoms with Gasteiger partial charge in [-0.3, -0.25) is 4.79 Å². The molecule has 0 saturated carbocycles. The average molecular weight is 236 g/mol. The number of allylic oxidation sites excluding steroid dienone is 2. The van der Waals surface area contributed by atoms with Crippen molar-refractivity contribution >= 4 is 22.5 Å². The number of fused-ring (bicyclic) bond motifs is 1. The van der Waals surface area contributed by atoms with E-state index < -0.39 is 0 Å². The molecule has 1 aromatic carbocycles. The van der Waals surface area contributed by atoms with E-state index in [2.05, 4.69) is 10.3 Å². The summed E-state index contributed by atoms with van der Waals surface area (Å²) in [6.07, 6.45) is 3.56. The Bertz CT molecular complexity index is 577. The van der Waals surface area contributed by atoms with Crippen LogP contribution in [0.2, 0.25) is 0 Å². The van der Waals surface area contributed by atoms with Crippen molar-refractivity contribution in [3.05, 3.63) is 46.8 Å². The molecule has 0 N–H and O–H groups in total. The van der Waals surface area contributed by atoms with Crippen LogP contribution in [-0.2, 0) is 6.54 Å². The predicted octanol–water partition coefficient (Wildman–Crippen LogP) is 1.59. The van der Waals surface area contributed by atoms with Crippen molar-refractivity contribution in [3.8, 4) is 0 Å². The molecule has 0 aliphatic heterocycles. The second-order valence-electron chi connectivity index (χ2n) is 3.22. The predicted molar refractivity (Wildman–Crippen MR) is 63.7 cm³/mol. The van der Waals surface area contributed by atoms with Crippen molar-refractivity contribution in [1.29, 1.82) is 0 Å². The van der Waals surface area contributed by atoms with Crippen LogP contribution >= 0.6 is 11.6 Å². The molecule has 1 heterocycles. The lowest BCUT2D eigenvalue weighted by Crippen LogP contribution is -2.23. The van der Waals surface area contributed by atoms with Crippen molar-refractivity contribution < 1.29 is 0 Å². The third-order valence-corrected chi connectivity index (χ3v) is 2.34. The van der Waals surface area contributed by atoms with Crippen LogP contribution in [0.1, 0.15) is 0 Å². The maximum atomic E-state index is 11.9. The summed E-state index contributed by atoms with van der Waals surface area (Å²) in [7, 11) is 0. The molecule has 1 aromatic heterocycles. The molecule has 82 valence electrons. The van der Waals surface area contributed by atoms with Gasteiger partial charge in [0.1, 0.15) is 5.52 Å². The Morgan fingerprint density at radius 2 is 2.12 bits per heavy atom. The molecule has 0 aliphatic carbocycles. The Balaban J connectivity index is 2.45. The topological polar surface area (TPSA) is 47.8 Å². The van der Waals surface area contributed by atoms with Gasteiger partial charge in [0, 0.05) is 5.88 Å². The molecule has 0 saturated heterocycles. The van der Waals surface area contributed by atoms with Gasteiger partial charge in [-0.25, -0.2) is 4.68 Å². The standard InChI is InChI=1S/C11H10ClN3O/c12-7-3-4-8-15-11(16)9-5-1-2-6-10(9)13-14-15/h1-6H,7-8H2.